The van der Waals surface area contributed by atoms with Crippen molar-refractivity contribution >= 4 is 55.2 Å². The van der Waals surface area contributed by atoms with Crippen LogP contribution in [0, 0.1) is 0 Å². The van der Waals surface area contributed by atoms with Crippen LogP contribution in [-0.4, -0.2) is 52.3 Å². The predicted octanol–water partition coefficient (Wildman–Crippen LogP) is 3.89. The number of nitrogens with one attached hydrogen (secondary N) is 1. The van der Waals surface area contributed by atoms with Crippen LogP contribution < -0.4 is 5.56 Å². The van der Waals surface area contributed by atoms with Gasteiger partial charge in [-0.25, -0.2) is 4.98 Å². The summed E-state index contributed by atoms with van der Waals surface area (Å²) in [6, 6.07) is 7.87. The zero-order valence-electron chi connectivity index (χ0n) is 15.8. The molecule has 0 aliphatic carbocycles. The molecular weight excluding hydrogens is 474 g/mol. The molecule has 1 atom stereocenters. The number of halogens is 1. The number of rotatable bonds is 5. The van der Waals surface area contributed by atoms with E-state index in [4.69, 9.17) is 4.74 Å². The number of nitrogens with zero attached hydrogens (tertiary/aromatic N) is 2. The van der Waals surface area contributed by atoms with Crippen LogP contribution >= 0.6 is 39.0 Å². The summed E-state index contributed by atoms with van der Waals surface area (Å²) in [5, 5.41) is 2.58. The molecule has 0 saturated carbocycles. The first-order valence-electron chi connectivity index (χ1n) is 9.24. The number of hydrogen-bond donors (Lipinski definition) is 1. The lowest BCUT2D eigenvalue weighted by Crippen LogP contribution is -2.45. The van der Waals surface area contributed by atoms with Crippen LogP contribution in [0.4, 0.5) is 0 Å². The monoisotopic (exact) mass is 493 g/mol. The van der Waals surface area contributed by atoms with Crippen molar-refractivity contribution in [3.05, 3.63) is 50.3 Å². The second kappa shape index (κ2) is 8.99. The van der Waals surface area contributed by atoms with Crippen molar-refractivity contribution in [1.29, 1.82) is 0 Å². The van der Waals surface area contributed by atoms with Gasteiger partial charge in [0.25, 0.3) is 5.56 Å². The average molecular weight is 494 g/mol. The van der Waals surface area contributed by atoms with Gasteiger partial charge in [0.05, 0.1) is 29.6 Å². The molecule has 2 aromatic heterocycles. The van der Waals surface area contributed by atoms with Crippen molar-refractivity contribution in [2.45, 2.75) is 18.8 Å². The van der Waals surface area contributed by atoms with Gasteiger partial charge in [-0.05, 0) is 24.6 Å². The maximum absolute atomic E-state index is 12.7. The standard InChI is InChI=1S/C20H20BrN3O3S2/c1-12-8-24(6-7-27-12)17(25)11-28-10-16-22-19(26)18-15(9-29-20(18)23-16)13-2-4-14(21)5-3-13/h2-5,9,12H,6-8,10-11H2,1H3,(H,22,23,26). The van der Waals surface area contributed by atoms with Crippen molar-refractivity contribution in [2.75, 3.05) is 25.4 Å². The summed E-state index contributed by atoms with van der Waals surface area (Å²) in [5.41, 5.74) is 1.74. The van der Waals surface area contributed by atoms with Gasteiger partial charge in [-0.2, -0.15) is 0 Å². The highest BCUT2D eigenvalue weighted by Crippen LogP contribution is 2.31. The molecule has 1 aliphatic rings. The van der Waals surface area contributed by atoms with Crippen LogP contribution in [0.3, 0.4) is 0 Å². The molecule has 152 valence electrons. The van der Waals surface area contributed by atoms with Gasteiger partial charge in [0.1, 0.15) is 10.7 Å². The van der Waals surface area contributed by atoms with Crippen LogP contribution in [0.25, 0.3) is 21.3 Å². The maximum atomic E-state index is 12.7. The largest absolute Gasteiger partial charge is 0.375 e. The Morgan fingerprint density at radius 1 is 1.41 bits per heavy atom. The Kier molecular flexibility index (Phi) is 6.38. The molecule has 0 bridgehead atoms. The second-order valence-corrected chi connectivity index (χ2v) is 9.62. The fourth-order valence-electron chi connectivity index (χ4n) is 3.28. The summed E-state index contributed by atoms with van der Waals surface area (Å²) in [6.45, 7) is 3.83. The Labute approximate surface area is 184 Å². The molecule has 0 radical (unpaired) electrons. The minimum absolute atomic E-state index is 0.0804. The van der Waals surface area contributed by atoms with E-state index in [0.29, 0.717) is 42.4 Å². The van der Waals surface area contributed by atoms with E-state index in [-0.39, 0.29) is 17.6 Å². The average Bonchev–Trinajstić information content (AvgIpc) is 3.13. The Bertz CT molecular complexity index is 1080. The molecule has 0 spiro atoms. The van der Waals surface area contributed by atoms with E-state index in [9.17, 15) is 9.59 Å². The number of fused-ring (bicyclic) bond motifs is 1. The third-order valence-corrected chi connectivity index (χ3v) is 7.04. The topological polar surface area (TPSA) is 75.3 Å². The van der Waals surface area contributed by atoms with E-state index in [0.717, 1.165) is 20.4 Å². The third kappa shape index (κ3) is 4.74. The Morgan fingerprint density at radius 2 is 2.21 bits per heavy atom. The van der Waals surface area contributed by atoms with Gasteiger partial charge in [0, 0.05) is 28.5 Å². The number of thioether (sulfide) groups is 1. The first-order valence-corrected chi connectivity index (χ1v) is 12.1. The van der Waals surface area contributed by atoms with E-state index in [1.807, 2.05) is 41.5 Å². The Hall–Kier alpha value is -1.68. The molecule has 1 aromatic carbocycles. The summed E-state index contributed by atoms with van der Waals surface area (Å²) in [5.74, 6) is 1.55. The van der Waals surface area contributed by atoms with Crippen LogP contribution in [0.2, 0.25) is 0 Å². The van der Waals surface area contributed by atoms with Gasteiger partial charge >= 0.3 is 0 Å². The molecule has 29 heavy (non-hydrogen) atoms. The molecule has 3 aromatic rings. The number of aromatic nitrogens is 2. The summed E-state index contributed by atoms with van der Waals surface area (Å²) < 4.78 is 6.47. The zero-order valence-corrected chi connectivity index (χ0v) is 19.0. The molecule has 1 amide bonds. The van der Waals surface area contributed by atoms with Gasteiger partial charge < -0.3 is 14.6 Å². The van der Waals surface area contributed by atoms with Gasteiger partial charge in [-0.1, -0.05) is 28.1 Å². The van der Waals surface area contributed by atoms with E-state index in [1.54, 1.807) is 0 Å². The normalized spacial score (nSPS) is 17.0. The van der Waals surface area contributed by atoms with E-state index in [1.165, 1.54) is 23.1 Å². The van der Waals surface area contributed by atoms with Crippen molar-refractivity contribution in [1.82, 2.24) is 14.9 Å². The number of H-pyrrole nitrogens is 1. The van der Waals surface area contributed by atoms with E-state index in [2.05, 4.69) is 25.9 Å². The number of ether oxygens (including phenoxy) is 1. The fourth-order valence-corrected chi connectivity index (χ4v) is 5.30. The number of benzene rings is 1. The number of morpholine rings is 1. The minimum Gasteiger partial charge on any atom is -0.375 e. The molecule has 1 N–H and O–H groups in total. The quantitative estimate of drug-likeness (QED) is 0.583. The number of aromatic amines is 1. The lowest BCUT2D eigenvalue weighted by Gasteiger charge is -2.31. The van der Waals surface area contributed by atoms with Crippen molar-refractivity contribution in [3.63, 3.8) is 0 Å². The summed E-state index contributed by atoms with van der Waals surface area (Å²) in [6.07, 6.45) is 0.0804. The Balaban J connectivity index is 1.45. The lowest BCUT2D eigenvalue weighted by atomic mass is 10.1. The Morgan fingerprint density at radius 3 is 2.97 bits per heavy atom. The van der Waals surface area contributed by atoms with Gasteiger partial charge in [-0.3, -0.25) is 9.59 Å². The number of hydrogen-bond acceptors (Lipinski definition) is 6. The molecule has 1 aliphatic heterocycles. The lowest BCUT2D eigenvalue weighted by molar-refractivity contribution is -0.135. The molecule has 9 heteroatoms. The van der Waals surface area contributed by atoms with Crippen molar-refractivity contribution < 1.29 is 9.53 Å². The summed E-state index contributed by atoms with van der Waals surface area (Å²) in [4.78, 5) is 35.1. The molecule has 1 unspecified atom stereocenters. The maximum Gasteiger partial charge on any atom is 0.260 e. The third-order valence-electron chi connectivity index (χ3n) is 4.71. The van der Waals surface area contributed by atoms with Crippen molar-refractivity contribution in [3.8, 4) is 11.1 Å². The molecule has 1 saturated heterocycles. The zero-order chi connectivity index (χ0) is 20.4. The number of amides is 1. The van der Waals surface area contributed by atoms with Crippen LogP contribution in [0.15, 0.2) is 38.9 Å². The van der Waals surface area contributed by atoms with Gasteiger partial charge in [0.2, 0.25) is 5.91 Å². The molecule has 3 heterocycles. The fraction of sp³-hybridized carbons (Fsp3) is 0.350. The minimum atomic E-state index is -0.141. The van der Waals surface area contributed by atoms with Crippen molar-refractivity contribution in [2.24, 2.45) is 0 Å². The second-order valence-electron chi connectivity index (χ2n) is 6.86. The summed E-state index contributed by atoms with van der Waals surface area (Å²) in [7, 11) is 0. The SMILES string of the molecule is CC1CN(C(=O)CSCc2nc3scc(-c4ccc(Br)cc4)c3c(=O)[nH]2)CCO1. The van der Waals surface area contributed by atoms with Gasteiger partial charge in [0.15, 0.2) is 0 Å². The number of carbonyl (C=O) groups is 1. The highest BCUT2D eigenvalue weighted by Gasteiger charge is 2.21. The first-order chi connectivity index (χ1) is 14.0. The summed E-state index contributed by atoms with van der Waals surface area (Å²) >= 11 is 6.36. The van der Waals surface area contributed by atoms with Crippen LogP contribution in [-0.2, 0) is 15.3 Å². The molecule has 6 nitrogen and oxygen atoms in total. The van der Waals surface area contributed by atoms with Crippen LogP contribution in [0.1, 0.15) is 12.7 Å². The predicted molar refractivity (Wildman–Crippen MR) is 122 cm³/mol. The highest BCUT2D eigenvalue weighted by molar-refractivity contribution is 9.10. The van der Waals surface area contributed by atoms with Gasteiger partial charge in [-0.15, -0.1) is 23.1 Å². The number of thiophene rings is 1. The smallest absolute Gasteiger partial charge is 0.260 e. The van der Waals surface area contributed by atoms with E-state index >= 15 is 0 Å². The van der Waals surface area contributed by atoms with E-state index < -0.39 is 0 Å². The molecule has 1 fully saturated rings. The highest BCUT2D eigenvalue weighted by atomic mass is 79.9. The molecular formula is C20H20BrN3O3S2. The molecule has 4 rings (SSSR count). The number of carbonyl (C=O) groups excluding carboxylic acids is 1. The first kappa shape index (κ1) is 20.6. The van der Waals surface area contributed by atoms with Crippen LogP contribution in [0.5, 0.6) is 0 Å².